The lowest BCUT2D eigenvalue weighted by atomic mass is 9.83. The van der Waals surface area contributed by atoms with E-state index in [9.17, 15) is 0 Å². The first-order valence-electron chi connectivity index (χ1n) is 48.8. The van der Waals surface area contributed by atoms with Crippen molar-refractivity contribution in [2.24, 2.45) is 0 Å². The molecule has 0 aromatic heterocycles. The van der Waals surface area contributed by atoms with Crippen molar-refractivity contribution in [1.29, 1.82) is 0 Å². The lowest BCUT2D eigenvalue weighted by molar-refractivity contribution is 1.47. The third-order valence-electron chi connectivity index (χ3n) is 27.4. The van der Waals surface area contributed by atoms with E-state index in [1.807, 2.05) is 0 Å². The SMILES string of the molecule is Cc1ccc(-c2c3ccccc3c(-c3ccc(C(=C(c4ccccc4)c4ccccc4)c4ccccc4)cc3)c3ccccc23)cc1.Cc1cccc(-c2c3ccccc3c(-c3ccc(C(=C(c4ccccc4)c4ccccc4)c4ccccc4)cc3)c3ccccc23)c1.Cc1cccc(-c2c3ccccc3c(-c3cccc(C(=C(c4ccccc4)c4ccccc4)c4ccccc4)c3)c3ccccc23)c1. The van der Waals surface area contributed by atoms with Crippen molar-refractivity contribution in [3.05, 3.63) is 648 Å². The van der Waals surface area contributed by atoms with Crippen LogP contribution >= 0.6 is 0 Å². The minimum absolute atomic E-state index is 1.19. The minimum atomic E-state index is 1.19. The molecule has 0 radical (unpaired) electrons. The molecule has 0 saturated heterocycles. The molecule has 0 unspecified atom stereocenters. The second kappa shape index (κ2) is 40.5. The molecular weight excluding hydrogens is 1690 g/mol. The van der Waals surface area contributed by atoms with Crippen molar-refractivity contribution < 1.29 is 0 Å². The van der Waals surface area contributed by atoms with E-state index in [2.05, 4.69) is 585 Å². The smallest absolute Gasteiger partial charge is 0.00262 e. The van der Waals surface area contributed by atoms with Crippen LogP contribution in [0.1, 0.15) is 83.5 Å². The minimum Gasteiger partial charge on any atom is -0.0622 e. The van der Waals surface area contributed by atoms with Crippen LogP contribution in [0.25, 0.3) is 165 Å². The quantitative estimate of drug-likeness (QED) is 0.0593. The molecule has 0 spiro atoms. The number of aryl methyl sites for hydroxylation is 3. The number of rotatable bonds is 18. The van der Waals surface area contributed by atoms with Gasteiger partial charge in [-0.15, -0.1) is 0 Å². The van der Waals surface area contributed by atoms with Crippen LogP contribution in [0.2, 0.25) is 0 Å². The van der Waals surface area contributed by atoms with Crippen LogP contribution in [0, 0.1) is 20.8 Å². The van der Waals surface area contributed by atoms with Crippen molar-refractivity contribution in [3.63, 3.8) is 0 Å². The number of benzene rings is 24. The van der Waals surface area contributed by atoms with E-state index in [1.54, 1.807) is 0 Å². The average Bonchev–Trinajstić information content (AvgIpc) is 0.737. The summed E-state index contributed by atoms with van der Waals surface area (Å²) in [6, 6.07) is 205. The summed E-state index contributed by atoms with van der Waals surface area (Å²) in [5.41, 5.74) is 40.6. The van der Waals surface area contributed by atoms with Crippen molar-refractivity contribution in [1.82, 2.24) is 0 Å². The predicted octanol–water partition coefficient (Wildman–Crippen LogP) is 37.9. The highest BCUT2D eigenvalue weighted by Crippen LogP contribution is 2.51. The van der Waals surface area contributed by atoms with E-state index in [1.165, 1.54) is 248 Å². The summed E-state index contributed by atoms with van der Waals surface area (Å²) in [7, 11) is 0. The highest BCUT2D eigenvalue weighted by molar-refractivity contribution is 6.25. The first-order valence-corrected chi connectivity index (χ1v) is 48.8. The summed E-state index contributed by atoms with van der Waals surface area (Å²) in [6.45, 7) is 6.49. The summed E-state index contributed by atoms with van der Waals surface area (Å²) < 4.78 is 0. The maximum absolute atomic E-state index is 2.40. The topological polar surface area (TPSA) is 0 Å². The summed E-state index contributed by atoms with van der Waals surface area (Å²) >= 11 is 0. The number of fused-ring (bicyclic) bond motifs is 6. The first kappa shape index (κ1) is 88.3. The molecular formula is C141H102. The fraction of sp³-hybridized carbons (Fsp3) is 0.0213. The maximum atomic E-state index is 2.40. The van der Waals surface area contributed by atoms with Gasteiger partial charge in [0.25, 0.3) is 0 Å². The molecule has 24 rings (SSSR count). The lowest BCUT2D eigenvalue weighted by Gasteiger charge is -2.20. The molecule has 0 amide bonds. The fourth-order valence-electron chi connectivity index (χ4n) is 21.2. The van der Waals surface area contributed by atoms with E-state index >= 15 is 0 Å². The zero-order valence-corrected chi connectivity index (χ0v) is 79.2. The molecule has 0 heterocycles. The highest BCUT2D eigenvalue weighted by atomic mass is 14.3. The number of hydrogen-bond donors (Lipinski definition) is 0. The Hall–Kier alpha value is -17.9. The largest absolute Gasteiger partial charge is 0.0622 e. The first-order chi connectivity index (χ1) is 69.8. The summed E-state index contributed by atoms with van der Waals surface area (Å²) in [6.07, 6.45) is 0. The Kier molecular flexibility index (Phi) is 25.4. The van der Waals surface area contributed by atoms with E-state index in [0.29, 0.717) is 0 Å². The normalized spacial score (nSPS) is 11.1. The van der Waals surface area contributed by atoms with E-state index in [-0.39, 0.29) is 0 Å². The molecule has 24 aromatic rings. The second-order valence-electron chi connectivity index (χ2n) is 36.4. The van der Waals surface area contributed by atoms with Gasteiger partial charge in [-0.1, -0.05) is 575 Å². The third kappa shape index (κ3) is 18.1. The van der Waals surface area contributed by atoms with Crippen LogP contribution in [-0.4, -0.2) is 0 Å². The lowest BCUT2D eigenvalue weighted by Crippen LogP contribution is -1.98. The molecule has 0 heteroatoms. The zero-order valence-electron chi connectivity index (χ0n) is 79.2. The Bertz CT molecular complexity index is 8430. The van der Waals surface area contributed by atoms with E-state index in [0.717, 1.165) is 0 Å². The fourth-order valence-corrected chi connectivity index (χ4v) is 21.2. The van der Waals surface area contributed by atoms with Gasteiger partial charge in [-0.2, -0.15) is 0 Å². The van der Waals surface area contributed by atoms with Gasteiger partial charge in [0.1, 0.15) is 0 Å². The van der Waals surface area contributed by atoms with Gasteiger partial charge in [-0.25, -0.2) is 0 Å². The third-order valence-corrected chi connectivity index (χ3v) is 27.4. The Labute approximate surface area is 827 Å². The van der Waals surface area contributed by atoms with Crippen LogP contribution in [0.15, 0.2) is 564 Å². The summed E-state index contributed by atoms with van der Waals surface area (Å²) in [4.78, 5) is 0. The van der Waals surface area contributed by atoms with Gasteiger partial charge in [0.15, 0.2) is 0 Å². The van der Waals surface area contributed by atoms with Gasteiger partial charge in [0.05, 0.1) is 0 Å². The van der Waals surface area contributed by atoms with Crippen molar-refractivity contribution in [2.75, 3.05) is 0 Å². The van der Waals surface area contributed by atoms with Gasteiger partial charge in [0, 0.05) is 0 Å². The predicted molar refractivity (Wildman–Crippen MR) is 604 cm³/mol. The number of hydrogen-bond acceptors (Lipinski definition) is 0. The summed E-state index contributed by atoms with van der Waals surface area (Å²) in [5.74, 6) is 0. The highest BCUT2D eigenvalue weighted by Gasteiger charge is 2.26. The Balaban J connectivity index is 0.000000121. The molecule has 0 aliphatic heterocycles. The molecule has 24 aromatic carbocycles. The van der Waals surface area contributed by atoms with Crippen LogP contribution in [0.4, 0.5) is 0 Å². The molecule has 0 fully saturated rings. The van der Waals surface area contributed by atoms with Gasteiger partial charge < -0.3 is 0 Å². The van der Waals surface area contributed by atoms with Crippen molar-refractivity contribution in [3.8, 4) is 66.8 Å². The summed E-state index contributed by atoms with van der Waals surface area (Å²) in [5, 5.41) is 15.2. The van der Waals surface area contributed by atoms with Gasteiger partial charge in [-0.3, -0.25) is 0 Å². The van der Waals surface area contributed by atoms with Gasteiger partial charge in [0.2, 0.25) is 0 Å². The van der Waals surface area contributed by atoms with E-state index < -0.39 is 0 Å². The molecule has 141 heavy (non-hydrogen) atoms. The molecule has 666 valence electrons. The van der Waals surface area contributed by atoms with Gasteiger partial charge >= 0.3 is 0 Å². The maximum Gasteiger partial charge on any atom is -0.00262 e. The molecule has 0 saturated carbocycles. The molecule has 0 nitrogen and oxygen atoms in total. The standard InChI is InChI=1S/3C47H34/c1-33-17-15-24-37(31-33)46-40-27-11-13-29-42(40)47(43-30-14-12-28-41(43)46)39-26-16-25-38(32-39)45(36-22-9-4-10-23-36)44(34-18-5-2-6-19-34)35-20-7-3-8-21-35;1-33-16-15-23-39(32-33)47-42-26-13-11-24-40(42)46(41-25-12-14-27-43(41)47)38-30-28-37(29-31-38)45(36-21-9-4-10-22-36)44(34-17-5-2-6-18-34)35-19-7-3-8-20-35;1-33-25-27-38(28-26-33)46-40-21-11-13-23-42(40)47(43-24-14-12-22-41(43)46)39-31-29-37(30-32-39)45(36-19-9-4-10-20-36)44(34-15-5-2-6-16-34)35-17-7-3-8-18-35/h3*2-32H,1H3. The molecule has 0 aliphatic carbocycles. The van der Waals surface area contributed by atoms with Crippen LogP contribution in [-0.2, 0) is 0 Å². The van der Waals surface area contributed by atoms with Crippen LogP contribution in [0.3, 0.4) is 0 Å². The average molecular weight is 1800 g/mol. The Morgan fingerprint density at radius 2 is 0.248 bits per heavy atom. The Morgan fingerprint density at radius 3 is 0.447 bits per heavy atom. The molecule has 0 N–H and O–H groups in total. The van der Waals surface area contributed by atoms with Crippen molar-refractivity contribution in [2.45, 2.75) is 20.8 Å². The van der Waals surface area contributed by atoms with Crippen LogP contribution < -0.4 is 0 Å². The van der Waals surface area contributed by atoms with Gasteiger partial charge in [-0.05, 0) is 258 Å². The molecule has 0 bridgehead atoms. The van der Waals surface area contributed by atoms with Crippen LogP contribution in [0.5, 0.6) is 0 Å². The monoisotopic (exact) mass is 1790 g/mol. The molecule has 0 aliphatic rings. The molecule has 0 atom stereocenters. The second-order valence-corrected chi connectivity index (χ2v) is 36.4. The zero-order chi connectivity index (χ0) is 94.7. The van der Waals surface area contributed by atoms with E-state index in [4.69, 9.17) is 0 Å². The van der Waals surface area contributed by atoms with Crippen molar-refractivity contribution >= 4 is 98.1 Å². The Morgan fingerprint density at radius 1 is 0.0993 bits per heavy atom.